The van der Waals surface area contributed by atoms with Crippen molar-refractivity contribution >= 4 is 12.4 Å². The van der Waals surface area contributed by atoms with Crippen LogP contribution in [0.15, 0.2) is 24.3 Å². The smallest absolute Gasteiger partial charge is 0.119 e. The standard InChI is InChI=1S/C12H17NO.ClH/c1-9(2)14-11-5-3-10(4-6-11)12-7-8-13-12;/h3-6,9,12-13H,7-8H2,1-2H3;1H/t12-;/m0./s1. The molecule has 1 N–H and O–H groups in total. The van der Waals surface area contributed by atoms with Gasteiger partial charge >= 0.3 is 0 Å². The highest BCUT2D eigenvalue weighted by molar-refractivity contribution is 5.85. The van der Waals surface area contributed by atoms with Crippen molar-refractivity contribution in [2.24, 2.45) is 0 Å². The summed E-state index contributed by atoms with van der Waals surface area (Å²) in [5.41, 5.74) is 1.37. The van der Waals surface area contributed by atoms with E-state index in [0.717, 1.165) is 12.3 Å². The Kier molecular flexibility index (Phi) is 4.43. The van der Waals surface area contributed by atoms with Crippen molar-refractivity contribution in [3.05, 3.63) is 29.8 Å². The van der Waals surface area contributed by atoms with Gasteiger partial charge < -0.3 is 10.1 Å². The molecule has 1 aliphatic rings. The lowest BCUT2D eigenvalue weighted by Crippen LogP contribution is -2.34. The lowest BCUT2D eigenvalue weighted by atomic mass is 9.98. The van der Waals surface area contributed by atoms with Crippen LogP contribution in [0.25, 0.3) is 0 Å². The van der Waals surface area contributed by atoms with Gasteiger partial charge in [0.2, 0.25) is 0 Å². The second-order valence-corrected chi connectivity index (χ2v) is 4.03. The lowest BCUT2D eigenvalue weighted by Gasteiger charge is -2.28. The molecular weight excluding hydrogens is 210 g/mol. The molecule has 0 radical (unpaired) electrons. The highest BCUT2D eigenvalue weighted by Crippen LogP contribution is 2.24. The predicted octanol–water partition coefficient (Wildman–Crippen LogP) is 2.93. The van der Waals surface area contributed by atoms with Crippen molar-refractivity contribution in [2.75, 3.05) is 6.54 Å². The Morgan fingerprint density at radius 3 is 2.27 bits per heavy atom. The van der Waals surface area contributed by atoms with Gasteiger partial charge in [-0.3, -0.25) is 0 Å². The Labute approximate surface area is 97.4 Å². The molecule has 2 nitrogen and oxygen atoms in total. The second kappa shape index (κ2) is 5.38. The Bertz CT molecular complexity index is 293. The molecule has 1 saturated heterocycles. The second-order valence-electron chi connectivity index (χ2n) is 4.03. The summed E-state index contributed by atoms with van der Waals surface area (Å²) < 4.78 is 5.58. The van der Waals surface area contributed by atoms with Crippen LogP contribution >= 0.6 is 12.4 Å². The predicted molar refractivity (Wildman–Crippen MR) is 64.8 cm³/mol. The van der Waals surface area contributed by atoms with Crippen LogP contribution in [-0.4, -0.2) is 12.6 Å². The van der Waals surface area contributed by atoms with Crippen LogP contribution in [0.1, 0.15) is 31.9 Å². The van der Waals surface area contributed by atoms with Crippen LogP contribution in [0, 0.1) is 0 Å². The van der Waals surface area contributed by atoms with Crippen molar-refractivity contribution in [1.82, 2.24) is 5.32 Å². The minimum atomic E-state index is 0. The van der Waals surface area contributed by atoms with Crippen LogP contribution in [0.4, 0.5) is 0 Å². The minimum Gasteiger partial charge on any atom is -0.491 e. The summed E-state index contributed by atoms with van der Waals surface area (Å²) in [4.78, 5) is 0. The van der Waals surface area contributed by atoms with Crippen molar-refractivity contribution < 1.29 is 4.74 Å². The van der Waals surface area contributed by atoms with Crippen LogP contribution < -0.4 is 10.1 Å². The third-order valence-corrected chi connectivity index (χ3v) is 2.48. The Morgan fingerprint density at radius 2 is 1.87 bits per heavy atom. The molecule has 1 aromatic carbocycles. The van der Waals surface area contributed by atoms with E-state index in [1.54, 1.807) is 0 Å². The van der Waals surface area contributed by atoms with Gasteiger partial charge in [0.05, 0.1) is 6.10 Å². The van der Waals surface area contributed by atoms with E-state index in [9.17, 15) is 0 Å². The fourth-order valence-electron chi connectivity index (χ4n) is 1.62. The first-order chi connectivity index (χ1) is 6.75. The average Bonchev–Trinajstić information content (AvgIpc) is 2.04. The molecule has 0 aliphatic carbocycles. The lowest BCUT2D eigenvalue weighted by molar-refractivity contribution is 0.242. The molecular formula is C12H18ClNO. The van der Waals surface area contributed by atoms with Crippen LogP contribution in [0.5, 0.6) is 5.75 Å². The highest BCUT2D eigenvalue weighted by Gasteiger charge is 2.17. The maximum absolute atomic E-state index is 5.58. The van der Waals surface area contributed by atoms with Gasteiger partial charge in [0, 0.05) is 6.04 Å². The van der Waals surface area contributed by atoms with Crippen molar-refractivity contribution in [2.45, 2.75) is 32.4 Å². The zero-order valence-electron chi connectivity index (χ0n) is 9.19. The average molecular weight is 228 g/mol. The van der Waals surface area contributed by atoms with Gasteiger partial charge in [-0.2, -0.15) is 0 Å². The molecule has 1 heterocycles. The van der Waals surface area contributed by atoms with Crippen molar-refractivity contribution in [3.63, 3.8) is 0 Å². The van der Waals surface area contributed by atoms with Crippen molar-refractivity contribution in [3.8, 4) is 5.75 Å². The van der Waals surface area contributed by atoms with Crippen LogP contribution in [0.3, 0.4) is 0 Å². The summed E-state index contributed by atoms with van der Waals surface area (Å²) in [6.45, 7) is 5.23. The molecule has 0 spiro atoms. The number of benzene rings is 1. The first-order valence-corrected chi connectivity index (χ1v) is 5.26. The summed E-state index contributed by atoms with van der Waals surface area (Å²) in [6, 6.07) is 8.97. The third-order valence-electron chi connectivity index (χ3n) is 2.48. The zero-order valence-corrected chi connectivity index (χ0v) is 10.0. The van der Waals surface area contributed by atoms with Crippen LogP contribution in [-0.2, 0) is 0 Å². The number of nitrogens with one attached hydrogen (secondary N) is 1. The molecule has 0 saturated carbocycles. The Morgan fingerprint density at radius 1 is 1.27 bits per heavy atom. The molecule has 0 aromatic heterocycles. The molecule has 1 atom stereocenters. The number of rotatable bonds is 3. The van der Waals surface area contributed by atoms with E-state index in [4.69, 9.17) is 4.74 Å². The van der Waals surface area contributed by atoms with Gasteiger partial charge in [-0.15, -0.1) is 12.4 Å². The molecule has 15 heavy (non-hydrogen) atoms. The SMILES string of the molecule is CC(C)Oc1ccc([C@@H]2CCN2)cc1.Cl. The van der Waals surface area contributed by atoms with E-state index in [1.807, 2.05) is 13.8 Å². The molecule has 1 aliphatic heterocycles. The van der Waals surface area contributed by atoms with E-state index in [0.29, 0.717) is 6.04 Å². The van der Waals surface area contributed by atoms with Gasteiger partial charge in [-0.05, 0) is 44.5 Å². The molecule has 3 heteroatoms. The van der Waals surface area contributed by atoms with Gasteiger partial charge in [0.1, 0.15) is 5.75 Å². The van der Waals surface area contributed by atoms with Gasteiger partial charge in [-0.1, -0.05) is 12.1 Å². The summed E-state index contributed by atoms with van der Waals surface area (Å²) >= 11 is 0. The maximum atomic E-state index is 5.58. The zero-order chi connectivity index (χ0) is 9.97. The molecule has 0 unspecified atom stereocenters. The maximum Gasteiger partial charge on any atom is 0.119 e. The van der Waals surface area contributed by atoms with E-state index in [1.165, 1.54) is 12.0 Å². The van der Waals surface area contributed by atoms with Gasteiger partial charge in [-0.25, -0.2) is 0 Å². The monoisotopic (exact) mass is 227 g/mol. The normalized spacial score (nSPS) is 19.3. The highest BCUT2D eigenvalue weighted by atomic mass is 35.5. The fraction of sp³-hybridized carbons (Fsp3) is 0.500. The third kappa shape index (κ3) is 3.11. The number of hydrogen-bond acceptors (Lipinski definition) is 2. The number of halogens is 1. The molecule has 0 bridgehead atoms. The largest absolute Gasteiger partial charge is 0.491 e. The van der Waals surface area contributed by atoms with E-state index in [-0.39, 0.29) is 18.5 Å². The molecule has 1 aromatic rings. The van der Waals surface area contributed by atoms with Crippen molar-refractivity contribution in [1.29, 1.82) is 0 Å². The van der Waals surface area contributed by atoms with Gasteiger partial charge in [0.15, 0.2) is 0 Å². The molecule has 0 amide bonds. The fourth-order valence-corrected chi connectivity index (χ4v) is 1.62. The van der Waals surface area contributed by atoms with Gasteiger partial charge in [0.25, 0.3) is 0 Å². The van der Waals surface area contributed by atoms with E-state index in [2.05, 4.69) is 29.6 Å². The van der Waals surface area contributed by atoms with E-state index >= 15 is 0 Å². The first-order valence-electron chi connectivity index (χ1n) is 5.26. The van der Waals surface area contributed by atoms with E-state index < -0.39 is 0 Å². The quantitative estimate of drug-likeness (QED) is 0.858. The minimum absolute atomic E-state index is 0. The molecule has 2 rings (SSSR count). The summed E-state index contributed by atoms with van der Waals surface area (Å²) in [5.74, 6) is 0.961. The number of ether oxygens (including phenoxy) is 1. The summed E-state index contributed by atoms with van der Waals surface area (Å²) in [7, 11) is 0. The summed E-state index contributed by atoms with van der Waals surface area (Å²) in [6.07, 6.45) is 1.51. The topological polar surface area (TPSA) is 21.3 Å². The first kappa shape index (κ1) is 12.3. The van der Waals surface area contributed by atoms with Crippen LogP contribution in [0.2, 0.25) is 0 Å². The molecule has 1 fully saturated rings. The summed E-state index contributed by atoms with van der Waals surface area (Å²) in [5, 5.41) is 3.38. The molecule has 84 valence electrons. The Hall–Kier alpha value is -0.730. The number of hydrogen-bond donors (Lipinski definition) is 1. The Balaban J connectivity index is 0.00000112.